The molecule has 0 aromatic rings. The number of thiocarbonyl (C=S) groups is 1. The van der Waals surface area contributed by atoms with E-state index in [9.17, 15) is 0 Å². The normalized spacial score (nSPS) is 17.8. The molecule has 1 N–H and O–H groups in total. The van der Waals surface area contributed by atoms with Gasteiger partial charge >= 0.3 is 0 Å². The van der Waals surface area contributed by atoms with Gasteiger partial charge in [-0.2, -0.15) is 0 Å². The van der Waals surface area contributed by atoms with Crippen LogP contribution < -0.4 is 5.32 Å². The molecule has 1 rings (SSSR count). The smallest absolute Gasteiger partial charge is 0.0656 e. The molecule has 2 heteroatoms. The Kier molecular flexibility index (Phi) is 2.03. The van der Waals surface area contributed by atoms with Gasteiger partial charge in [0.05, 0.1) is 5.49 Å². The molecule has 1 nitrogen and oxygen atoms in total. The molecular formula is C6H9NS. The van der Waals surface area contributed by atoms with Crippen molar-refractivity contribution < 1.29 is 0 Å². The van der Waals surface area contributed by atoms with E-state index in [0.29, 0.717) is 0 Å². The van der Waals surface area contributed by atoms with Gasteiger partial charge in [0, 0.05) is 5.70 Å². The summed E-state index contributed by atoms with van der Waals surface area (Å²) in [7, 11) is 0. The maximum absolute atomic E-state index is 4.61. The Labute approximate surface area is 54.8 Å². The Bertz CT molecular complexity index is 118. The minimum absolute atomic E-state index is 1.17. The molecule has 0 fully saturated rings. The summed E-state index contributed by atoms with van der Waals surface area (Å²) in [5, 5.41) is 3.00. The second kappa shape index (κ2) is 2.82. The molecule has 44 valence electrons. The molecule has 1 aliphatic rings. The van der Waals surface area contributed by atoms with Gasteiger partial charge in [0.1, 0.15) is 0 Å². The van der Waals surface area contributed by atoms with Gasteiger partial charge in [-0.25, -0.2) is 0 Å². The van der Waals surface area contributed by atoms with Crippen LogP contribution in [-0.4, -0.2) is 5.49 Å². The highest BCUT2D eigenvalue weighted by atomic mass is 32.1. The number of hydrogen-bond donors (Lipinski definition) is 1. The molecule has 0 bridgehead atoms. The van der Waals surface area contributed by atoms with Crippen molar-refractivity contribution in [3.8, 4) is 0 Å². The van der Waals surface area contributed by atoms with Crippen molar-refractivity contribution in [1.29, 1.82) is 0 Å². The second-order valence-corrected chi connectivity index (χ2v) is 2.12. The second-order valence-electron chi connectivity index (χ2n) is 1.88. The van der Waals surface area contributed by atoms with Gasteiger partial charge in [0.25, 0.3) is 0 Å². The van der Waals surface area contributed by atoms with Crippen LogP contribution in [0.5, 0.6) is 0 Å². The minimum atomic E-state index is 1.17. The SMILES string of the molecule is S=CNC1=CCCC1. The van der Waals surface area contributed by atoms with Crippen LogP contribution in [0.1, 0.15) is 19.3 Å². The highest BCUT2D eigenvalue weighted by Gasteiger charge is 1.99. The summed E-state index contributed by atoms with van der Waals surface area (Å²) in [6, 6.07) is 0. The van der Waals surface area contributed by atoms with E-state index < -0.39 is 0 Å². The van der Waals surface area contributed by atoms with Gasteiger partial charge in [0.15, 0.2) is 0 Å². The van der Waals surface area contributed by atoms with Crippen molar-refractivity contribution >= 4 is 17.7 Å². The van der Waals surface area contributed by atoms with Crippen LogP contribution in [0.4, 0.5) is 0 Å². The standard InChI is InChI=1S/C6H9NS/c8-5-7-6-3-1-2-4-6/h3,5H,1-2,4H2,(H,7,8). The third kappa shape index (κ3) is 1.30. The van der Waals surface area contributed by atoms with E-state index >= 15 is 0 Å². The van der Waals surface area contributed by atoms with Gasteiger partial charge in [-0.3, -0.25) is 0 Å². The lowest BCUT2D eigenvalue weighted by Crippen LogP contribution is -2.05. The van der Waals surface area contributed by atoms with Crippen LogP contribution in [0.25, 0.3) is 0 Å². The zero-order chi connectivity index (χ0) is 5.82. The van der Waals surface area contributed by atoms with Crippen molar-refractivity contribution in [2.75, 3.05) is 0 Å². The van der Waals surface area contributed by atoms with E-state index in [1.807, 2.05) is 0 Å². The predicted molar refractivity (Wildman–Crippen MR) is 38.7 cm³/mol. The van der Waals surface area contributed by atoms with Crippen molar-refractivity contribution in [3.05, 3.63) is 11.8 Å². The van der Waals surface area contributed by atoms with E-state index in [0.717, 1.165) is 0 Å². The monoisotopic (exact) mass is 127 g/mol. The summed E-state index contributed by atoms with van der Waals surface area (Å²) in [6.07, 6.45) is 5.87. The van der Waals surface area contributed by atoms with Gasteiger partial charge in [-0.15, -0.1) is 0 Å². The summed E-state index contributed by atoms with van der Waals surface area (Å²) in [4.78, 5) is 0. The molecule has 0 atom stereocenters. The predicted octanol–water partition coefficient (Wildman–Crippen LogP) is 1.60. The number of rotatable bonds is 2. The van der Waals surface area contributed by atoms with E-state index in [2.05, 4.69) is 23.6 Å². The molecule has 0 aromatic heterocycles. The zero-order valence-electron chi connectivity index (χ0n) is 4.68. The molecule has 0 saturated heterocycles. The van der Waals surface area contributed by atoms with Crippen molar-refractivity contribution in [2.24, 2.45) is 0 Å². The molecule has 0 saturated carbocycles. The molecule has 0 unspecified atom stereocenters. The highest BCUT2D eigenvalue weighted by Crippen LogP contribution is 2.13. The van der Waals surface area contributed by atoms with Crippen molar-refractivity contribution in [3.63, 3.8) is 0 Å². The molecule has 0 aliphatic heterocycles. The van der Waals surface area contributed by atoms with Crippen LogP contribution in [0.2, 0.25) is 0 Å². The molecule has 0 heterocycles. The van der Waals surface area contributed by atoms with Crippen LogP contribution >= 0.6 is 12.2 Å². The first-order valence-corrected chi connectivity index (χ1v) is 3.30. The molecule has 1 aliphatic carbocycles. The van der Waals surface area contributed by atoms with E-state index in [1.54, 1.807) is 5.49 Å². The molecule has 0 radical (unpaired) electrons. The van der Waals surface area contributed by atoms with Gasteiger partial charge < -0.3 is 5.32 Å². The van der Waals surface area contributed by atoms with Crippen molar-refractivity contribution in [1.82, 2.24) is 5.32 Å². The van der Waals surface area contributed by atoms with E-state index in [1.165, 1.54) is 25.0 Å². The molecule has 8 heavy (non-hydrogen) atoms. The molecular weight excluding hydrogens is 118 g/mol. The van der Waals surface area contributed by atoms with Crippen molar-refractivity contribution in [2.45, 2.75) is 19.3 Å². The fraction of sp³-hybridized carbons (Fsp3) is 0.500. The van der Waals surface area contributed by atoms with Gasteiger partial charge in [-0.1, -0.05) is 18.3 Å². The quantitative estimate of drug-likeness (QED) is 0.565. The van der Waals surface area contributed by atoms with Gasteiger partial charge in [0.2, 0.25) is 0 Å². The Balaban J connectivity index is 2.33. The maximum atomic E-state index is 4.61. The number of allylic oxidation sites excluding steroid dienone is 2. The third-order valence-electron chi connectivity index (χ3n) is 1.29. The molecule has 0 spiro atoms. The van der Waals surface area contributed by atoms with Crippen LogP contribution in [0, 0.1) is 0 Å². The average molecular weight is 127 g/mol. The van der Waals surface area contributed by atoms with Gasteiger partial charge in [-0.05, 0) is 19.3 Å². The lowest BCUT2D eigenvalue weighted by molar-refractivity contribution is 0.883. The highest BCUT2D eigenvalue weighted by molar-refractivity contribution is 7.78. The summed E-state index contributed by atoms with van der Waals surface area (Å²) in [5.74, 6) is 0. The Hall–Kier alpha value is -0.370. The fourth-order valence-electron chi connectivity index (χ4n) is 0.878. The maximum Gasteiger partial charge on any atom is 0.0656 e. The molecule has 0 amide bonds. The topological polar surface area (TPSA) is 12.0 Å². The first-order chi connectivity index (χ1) is 3.93. The lowest BCUT2D eigenvalue weighted by atomic mass is 10.3. The van der Waals surface area contributed by atoms with Crippen LogP contribution in [-0.2, 0) is 0 Å². The van der Waals surface area contributed by atoms with Crippen LogP contribution in [0.3, 0.4) is 0 Å². The largest absolute Gasteiger partial charge is 0.356 e. The minimum Gasteiger partial charge on any atom is -0.356 e. The van der Waals surface area contributed by atoms with E-state index in [-0.39, 0.29) is 0 Å². The summed E-state index contributed by atoms with van der Waals surface area (Å²) in [6.45, 7) is 0. The Morgan fingerprint density at radius 3 is 3.12 bits per heavy atom. The molecule has 0 aromatic carbocycles. The van der Waals surface area contributed by atoms with E-state index in [4.69, 9.17) is 0 Å². The number of nitrogens with one attached hydrogen (secondary N) is 1. The fourth-order valence-corrected chi connectivity index (χ4v) is 1.03. The average Bonchev–Trinajstić information content (AvgIpc) is 2.19. The first-order valence-electron chi connectivity index (χ1n) is 2.82. The Morgan fingerprint density at radius 2 is 2.62 bits per heavy atom. The summed E-state index contributed by atoms with van der Waals surface area (Å²) < 4.78 is 0. The third-order valence-corrected chi connectivity index (χ3v) is 1.40. The summed E-state index contributed by atoms with van der Waals surface area (Å²) >= 11 is 4.61. The zero-order valence-corrected chi connectivity index (χ0v) is 5.50. The summed E-state index contributed by atoms with van der Waals surface area (Å²) in [5.41, 5.74) is 2.86. The number of hydrogen-bond acceptors (Lipinski definition) is 1. The Morgan fingerprint density at radius 1 is 1.75 bits per heavy atom. The lowest BCUT2D eigenvalue weighted by Gasteiger charge is -1.95. The first kappa shape index (κ1) is 5.76. The van der Waals surface area contributed by atoms with Crippen LogP contribution in [0.15, 0.2) is 11.8 Å².